The van der Waals surface area contributed by atoms with E-state index in [0.717, 1.165) is 19.3 Å². The van der Waals surface area contributed by atoms with Gasteiger partial charge in [0.1, 0.15) is 11.5 Å². The van der Waals surface area contributed by atoms with Crippen LogP contribution in [0, 0.1) is 0 Å². The number of hydrogen-bond donors (Lipinski definition) is 1. The van der Waals surface area contributed by atoms with E-state index < -0.39 is 27.8 Å². The molecule has 2 aliphatic heterocycles. The zero-order valence-corrected chi connectivity index (χ0v) is 21.9. The number of hydrogen-bond acceptors (Lipinski definition) is 7. The summed E-state index contributed by atoms with van der Waals surface area (Å²) in [6.07, 6.45) is 3.18. The monoisotopic (exact) mass is 528 g/mol. The predicted molar refractivity (Wildman–Crippen MR) is 138 cm³/mol. The maximum atomic E-state index is 13.1. The summed E-state index contributed by atoms with van der Waals surface area (Å²) in [5.41, 5.74) is 0.855. The van der Waals surface area contributed by atoms with Gasteiger partial charge in [0.25, 0.3) is 11.7 Å². The van der Waals surface area contributed by atoms with Gasteiger partial charge < -0.3 is 19.5 Å². The first-order chi connectivity index (χ1) is 17.8. The molecule has 0 bridgehead atoms. The number of rotatable bonds is 9. The average molecular weight is 529 g/mol. The SMILES string of the molecule is COCCCN1C(=O)C(=O)C(=C(O)c2ccc(S(=O)(=O)N3CCCCC3)cc2)[C@H]1c1ccc(OC)cc1. The van der Waals surface area contributed by atoms with Crippen LogP contribution < -0.4 is 4.74 Å². The molecule has 2 aromatic carbocycles. The Morgan fingerprint density at radius 1 is 0.973 bits per heavy atom. The van der Waals surface area contributed by atoms with Gasteiger partial charge in [-0.15, -0.1) is 0 Å². The molecule has 0 aliphatic carbocycles. The molecule has 2 heterocycles. The molecule has 2 aliphatic rings. The molecule has 1 atom stereocenters. The van der Waals surface area contributed by atoms with Crippen LogP contribution in [0.1, 0.15) is 42.9 Å². The number of carbonyl (C=O) groups excluding carboxylic acids is 2. The Bertz CT molecular complexity index is 1260. The lowest BCUT2D eigenvalue weighted by Crippen LogP contribution is -2.35. The van der Waals surface area contributed by atoms with Gasteiger partial charge in [-0.1, -0.05) is 18.6 Å². The Morgan fingerprint density at radius 2 is 1.62 bits per heavy atom. The third-order valence-corrected chi connectivity index (χ3v) is 8.71. The summed E-state index contributed by atoms with van der Waals surface area (Å²) in [4.78, 5) is 27.7. The fourth-order valence-electron chi connectivity index (χ4n) is 4.82. The van der Waals surface area contributed by atoms with Crippen molar-refractivity contribution >= 4 is 27.5 Å². The lowest BCUT2D eigenvalue weighted by molar-refractivity contribution is -0.140. The summed E-state index contributed by atoms with van der Waals surface area (Å²) < 4.78 is 37.8. The quantitative estimate of drug-likeness (QED) is 0.230. The van der Waals surface area contributed by atoms with E-state index in [-0.39, 0.29) is 28.3 Å². The number of aliphatic hydroxyl groups excluding tert-OH is 1. The largest absolute Gasteiger partial charge is 0.507 e. The van der Waals surface area contributed by atoms with Gasteiger partial charge in [0.15, 0.2) is 0 Å². The molecule has 2 aromatic rings. The molecule has 0 saturated carbocycles. The van der Waals surface area contributed by atoms with Gasteiger partial charge in [-0.05, 0) is 61.2 Å². The number of carbonyl (C=O) groups is 2. The van der Waals surface area contributed by atoms with Gasteiger partial charge >= 0.3 is 0 Å². The van der Waals surface area contributed by atoms with E-state index in [1.54, 1.807) is 38.5 Å². The van der Waals surface area contributed by atoms with Crippen LogP contribution in [0.3, 0.4) is 0 Å². The summed E-state index contributed by atoms with van der Waals surface area (Å²) in [5.74, 6) is -1.23. The van der Waals surface area contributed by atoms with Gasteiger partial charge in [-0.25, -0.2) is 8.42 Å². The molecule has 0 aromatic heterocycles. The maximum absolute atomic E-state index is 13.1. The van der Waals surface area contributed by atoms with E-state index in [2.05, 4.69) is 0 Å². The number of methoxy groups -OCH3 is 2. The zero-order valence-electron chi connectivity index (χ0n) is 21.1. The normalized spacial score (nSPS) is 20.4. The first-order valence-electron chi connectivity index (χ1n) is 12.3. The number of sulfonamides is 1. The van der Waals surface area contributed by atoms with E-state index in [9.17, 15) is 23.1 Å². The Hall–Kier alpha value is -3.21. The highest BCUT2D eigenvalue weighted by Crippen LogP contribution is 2.40. The van der Waals surface area contributed by atoms with Crippen LogP contribution >= 0.6 is 0 Å². The number of aliphatic hydroxyl groups is 1. The molecule has 37 heavy (non-hydrogen) atoms. The lowest BCUT2D eigenvalue weighted by Gasteiger charge is -2.26. The fraction of sp³-hybridized carbons (Fsp3) is 0.407. The van der Waals surface area contributed by atoms with Gasteiger partial charge in [0.2, 0.25) is 10.0 Å². The van der Waals surface area contributed by atoms with Crippen molar-refractivity contribution in [3.05, 3.63) is 65.2 Å². The van der Waals surface area contributed by atoms with Crippen molar-refractivity contribution in [2.75, 3.05) is 40.5 Å². The molecule has 10 heteroatoms. The molecule has 2 saturated heterocycles. The van der Waals surface area contributed by atoms with Gasteiger partial charge in [0.05, 0.1) is 23.6 Å². The van der Waals surface area contributed by atoms with Crippen molar-refractivity contribution < 1.29 is 32.6 Å². The van der Waals surface area contributed by atoms with E-state index in [4.69, 9.17) is 9.47 Å². The summed E-state index contributed by atoms with van der Waals surface area (Å²) in [7, 11) is -0.540. The van der Waals surface area contributed by atoms with Crippen molar-refractivity contribution in [1.29, 1.82) is 0 Å². The molecule has 0 spiro atoms. The van der Waals surface area contributed by atoms with Crippen molar-refractivity contribution in [3.8, 4) is 5.75 Å². The number of likely N-dealkylation sites (tertiary alicyclic amines) is 1. The summed E-state index contributed by atoms with van der Waals surface area (Å²) in [5, 5.41) is 11.2. The van der Waals surface area contributed by atoms with E-state index in [1.165, 1.54) is 33.5 Å². The minimum Gasteiger partial charge on any atom is -0.507 e. The Morgan fingerprint density at radius 3 is 2.22 bits per heavy atom. The third kappa shape index (κ3) is 5.41. The number of benzene rings is 2. The summed E-state index contributed by atoms with van der Waals surface area (Å²) in [6.45, 7) is 1.64. The number of Topliss-reactive ketones (excluding diaryl/α,β-unsaturated/α-hetero) is 1. The Kier molecular flexibility index (Phi) is 8.31. The first-order valence-corrected chi connectivity index (χ1v) is 13.8. The molecule has 4 rings (SSSR count). The molecule has 9 nitrogen and oxygen atoms in total. The maximum Gasteiger partial charge on any atom is 0.295 e. The second kappa shape index (κ2) is 11.5. The highest BCUT2D eigenvalue weighted by atomic mass is 32.2. The topological polar surface area (TPSA) is 113 Å². The Labute approximate surface area is 217 Å². The Balaban J connectivity index is 1.72. The number of amides is 1. The van der Waals surface area contributed by atoms with Crippen LogP contribution in [0.15, 0.2) is 59.0 Å². The molecule has 0 unspecified atom stereocenters. The molecule has 1 N–H and O–H groups in total. The number of nitrogens with zero attached hydrogens (tertiary/aromatic N) is 2. The van der Waals surface area contributed by atoms with Crippen LogP contribution in [0.25, 0.3) is 5.76 Å². The van der Waals surface area contributed by atoms with Crippen LogP contribution in [0.2, 0.25) is 0 Å². The molecule has 0 radical (unpaired) electrons. The highest BCUT2D eigenvalue weighted by Gasteiger charge is 2.45. The first kappa shape index (κ1) is 26.8. The predicted octanol–water partition coefficient (Wildman–Crippen LogP) is 3.33. The van der Waals surface area contributed by atoms with Gasteiger partial charge in [-0.2, -0.15) is 4.31 Å². The summed E-state index contributed by atoms with van der Waals surface area (Å²) >= 11 is 0. The van der Waals surface area contributed by atoms with Crippen molar-refractivity contribution in [1.82, 2.24) is 9.21 Å². The summed E-state index contributed by atoms with van der Waals surface area (Å²) in [6, 6.07) is 11.9. The molecule has 198 valence electrons. The minimum absolute atomic E-state index is 0.0424. The molecular weight excluding hydrogens is 496 g/mol. The van der Waals surface area contributed by atoms with E-state index in [0.29, 0.717) is 37.4 Å². The number of ketones is 1. The van der Waals surface area contributed by atoms with Crippen molar-refractivity contribution in [2.45, 2.75) is 36.6 Å². The zero-order chi connectivity index (χ0) is 26.6. The van der Waals surface area contributed by atoms with Gasteiger partial charge in [-0.3, -0.25) is 9.59 Å². The molecule has 2 fully saturated rings. The number of piperidine rings is 1. The van der Waals surface area contributed by atoms with E-state index >= 15 is 0 Å². The highest BCUT2D eigenvalue weighted by molar-refractivity contribution is 7.89. The standard InChI is InChI=1S/C27H32N2O7S/c1-35-18-6-17-29-24(19-7-11-21(36-2)12-8-19)23(26(31)27(29)32)25(30)20-9-13-22(14-10-20)37(33,34)28-15-4-3-5-16-28/h7-14,24,30H,3-6,15-18H2,1-2H3/t24-/m1/s1. The van der Waals surface area contributed by atoms with Crippen molar-refractivity contribution in [3.63, 3.8) is 0 Å². The fourth-order valence-corrected chi connectivity index (χ4v) is 6.33. The second-order valence-corrected chi connectivity index (χ2v) is 11.0. The molecular formula is C27H32N2O7S. The third-order valence-electron chi connectivity index (χ3n) is 6.80. The van der Waals surface area contributed by atoms with Crippen LogP contribution in [-0.2, 0) is 24.3 Å². The van der Waals surface area contributed by atoms with Crippen LogP contribution in [0.5, 0.6) is 5.75 Å². The smallest absolute Gasteiger partial charge is 0.295 e. The number of ether oxygens (including phenoxy) is 2. The van der Waals surface area contributed by atoms with E-state index in [1.807, 2.05) is 0 Å². The van der Waals surface area contributed by atoms with Gasteiger partial charge in [0, 0.05) is 38.9 Å². The second-order valence-electron chi connectivity index (χ2n) is 9.10. The lowest BCUT2D eigenvalue weighted by atomic mass is 9.95. The average Bonchev–Trinajstić information content (AvgIpc) is 3.18. The van der Waals surface area contributed by atoms with Crippen LogP contribution in [-0.4, -0.2) is 74.9 Å². The van der Waals surface area contributed by atoms with Crippen molar-refractivity contribution in [2.24, 2.45) is 0 Å². The van der Waals surface area contributed by atoms with Crippen LogP contribution in [0.4, 0.5) is 0 Å². The molecule has 1 amide bonds. The minimum atomic E-state index is -3.64.